The standard InChI is InChI=1S/C23H26N2O3/c1-17-9-11-18(12-10-17)16-24-22(26)15-20(25-13-4-5-14-25)19-7-6-8-21(27-2)23(19)28-3/h4-14,20H,15-16H2,1-3H3,(H,24,26)/t20-/m1/s1. The second kappa shape index (κ2) is 9.13. The SMILES string of the molecule is COc1cccc([C@@H](CC(=O)NCc2ccc(C)cc2)n2cccc2)c1OC. The molecule has 1 aromatic heterocycles. The summed E-state index contributed by atoms with van der Waals surface area (Å²) >= 11 is 0. The van der Waals surface area contributed by atoms with Gasteiger partial charge >= 0.3 is 0 Å². The van der Waals surface area contributed by atoms with Gasteiger partial charge in [0, 0.05) is 24.5 Å². The number of methoxy groups -OCH3 is 2. The molecule has 1 atom stereocenters. The Labute approximate surface area is 165 Å². The molecule has 146 valence electrons. The summed E-state index contributed by atoms with van der Waals surface area (Å²) in [6, 6.07) is 17.6. The van der Waals surface area contributed by atoms with E-state index in [0.717, 1.165) is 11.1 Å². The first-order valence-electron chi connectivity index (χ1n) is 9.28. The summed E-state index contributed by atoms with van der Waals surface area (Å²) < 4.78 is 13.0. The van der Waals surface area contributed by atoms with Crippen molar-refractivity contribution in [1.29, 1.82) is 0 Å². The molecular formula is C23H26N2O3. The zero-order chi connectivity index (χ0) is 19.9. The van der Waals surface area contributed by atoms with E-state index in [9.17, 15) is 4.79 Å². The van der Waals surface area contributed by atoms with Gasteiger partial charge in [-0.3, -0.25) is 4.79 Å². The highest BCUT2D eigenvalue weighted by molar-refractivity contribution is 5.77. The topological polar surface area (TPSA) is 52.5 Å². The Morgan fingerprint density at radius 3 is 2.36 bits per heavy atom. The van der Waals surface area contributed by atoms with Gasteiger partial charge in [-0.15, -0.1) is 0 Å². The van der Waals surface area contributed by atoms with Gasteiger partial charge in [0.25, 0.3) is 0 Å². The Kier molecular flexibility index (Phi) is 6.37. The quantitative estimate of drug-likeness (QED) is 0.642. The predicted molar refractivity (Wildman–Crippen MR) is 110 cm³/mol. The van der Waals surface area contributed by atoms with Gasteiger partial charge in [-0.25, -0.2) is 0 Å². The van der Waals surface area contributed by atoms with Crippen LogP contribution in [0.5, 0.6) is 11.5 Å². The number of ether oxygens (including phenoxy) is 2. The molecule has 0 spiro atoms. The minimum atomic E-state index is -0.196. The van der Waals surface area contributed by atoms with Crippen LogP contribution in [0.4, 0.5) is 0 Å². The van der Waals surface area contributed by atoms with Crippen LogP contribution in [0.3, 0.4) is 0 Å². The number of carbonyl (C=O) groups is 1. The number of rotatable bonds is 8. The third kappa shape index (κ3) is 4.55. The van der Waals surface area contributed by atoms with Crippen LogP contribution in [-0.2, 0) is 11.3 Å². The molecule has 1 heterocycles. The molecule has 0 aliphatic carbocycles. The van der Waals surface area contributed by atoms with Crippen molar-refractivity contribution in [3.63, 3.8) is 0 Å². The van der Waals surface area contributed by atoms with Gasteiger partial charge in [0.15, 0.2) is 11.5 Å². The third-order valence-electron chi connectivity index (χ3n) is 4.77. The minimum absolute atomic E-state index is 0.0239. The van der Waals surface area contributed by atoms with Crippen LogP contribution in [0.1, 0.15) is 29.2 Å². The number of carbonyl (C=O) groups excluding carboxylic acids is 1. The Morgan fingerprint density at radius 2 is 1.71 bits per heavy atom. The molecule has 2 aromatic carbocycles. The summed E-state index contributed by atoms with van der Waals surface area (Å²) in [5, 5.41) is 3.02. The monoisotopic (exact) mass is 378 g/mol. The number of hydrogen-bond donors (Lipinski definition) is 1. The molecule has 1 amide bonds. The van der Waals surface area contributed by atoms with E-state index >= 15 is 0 Å². The average molecular weight is 378 g/mol. The van der Waals surface area contributed by atoms with Gasteiger partial charge in [-0.05, 0) is 30.7 Å². The molecule has 0 aliphatic heterocycles. The molecule has 3 rings (SSSR count). The average Bonchev–Trinajstić information content (AvgIpc) is 3.25. The zero-order valence-corrected chi connectivity index (χ0v) is 16.5. The van der Waals surface area contributed by atoms with Crippen LogP contribution in [0, 0.1) is 6.92 Å². The second-order valence-corrected chi connectivity index (χ2v) is 6.70. The van der Waals surface area contributed by atoms with Crippen LogP contribution >= 0.6 is 0 Å². The van der Waals surface area contributed by atoms with Gasteiger partial charge in [0.1, 0.15) is 0 Å². The first-order valence-corrected chi connectivity index (χ1v) is 9.28. The fraction of sp³-hybridized carbons (Fsp3) is 0.261. The molecule has 0 saturated heterocycles. The number of nitrogens with one attached hydrogen (secondary N) is 1. The number of benzene rings is 2. The second-order valence-electron chi connectivity index (χ2n) is 6.70. The highest BCUT2D eigenvalue weighted by Gasteiger charge is 2.23. The van der Waals surface area contributed by atoms with E-state index in [1.807, 2.05) is 78.5 Å². The van der Waals surface area contributed by atoms with E-state index in [2.05, 4.69) is 5.32 Å². The molecule has 0 bridgehead atoms. The molecule has 0 radical (unpaired) electrons. The van der Waals surface area contributed by atoms with E-state index in [1.54, 1.807) is 14.2 Å². The minimum Gasteiger partial charge on any atom is -0.493 e. The number of amides is 1. The van der Waals surface area contributed by atoms with E-state index in [-0.39, 0.29) is 11.9 Å². The molecule has 0 saturated carbocycles. The molecule has 0 unspecified atom stereocenters. The summed E-state index contributed by atoms with van der Waals surface area (Å²) in [7, 11) is 3.23. The molecule has 28 heavy (non-hydrogen) atoms. The van der Waals surface area contributed by atoms with Crippen molar-refractivity contribution in [2.45, 2.75) is 25.9 Å². The maximum atomic E-state index is 12.7. The first kappa shape index (κ1) is 19.5. The van der Waals surface area contributed by atoms with E-state index in [0.29, 0.717) is 24.5 Å². The van der Waals surface area contributed by atoms with Crippen molar-refractivity contribution >= 4 is 5.91 Å². The van der Waals surface area contributed by atoms with E-state index in [1.165, 1.54) is 5.56 Å². The highest BCUT2D eigenvalue weighted by Crippen LogP contribution is 2.37. The Bertz CT molecular complexity index is 902. The molecule has 3 aromatic rings. The zero-order valence-electron chi connectivity index (χ0n) is 16.5. The molecular weight excluding hydrogens is 352 g/mol. The fourth-order valence-electron chi connectivity index (χ4n) is 3.26. The van der Waals surface area contributed by atoms with Crippen molar-refractivity contribution in [2.75, 3.05) is 14.2 Å². The maximum Gasteiger partial charge on any atom is 0.222 e. The number of aromatic nitrogens is 1. The van der Waals surface area contributed by atoms with Crippen molar-refractivity contribution in [3.8, 4) is 11.5 Å². The van der Waals surface area contributed by atoms with Crippen molar-refractivity contribution in [1.82, 2.24) is 9.88 Å². The smallest absolute Gasteiger partial charge is 0.222 e. The van der Waals surface area contributed by atoms with Crippen LogP contribution in [0.15, 0.2) is 67.0 Å². The van der Waals surface area contributed by atoms with Gasteiger partial charge in [-0.1, -0.05) is 42.0 Å². The lowest BCUT2D eigenvalue weighted by molar-refractivity contribution is -0.121. The highest BCUT2D eigenvalue weighted by atomic mass is 16.5. The summed E-state index contributed by atoms with van der Waals surface area (Å²) in [6.07, 6.45) is 4.21. The largest absolute Gasteiger partial charge is 0.493 e. The molecule has 1 N–H and O–H groups in total. The molecule has 0 aliphatic rings. The lowest BCUT2D eigenvalue weighted by Gasteiger charge is -2.22. The Morgan fingerprint density at radius 1 is 1.00 bits per heavy atom. The normalized spacial score (nSPS) is 11.7. The number of aryl methyl sites for hydroxylation is 1. The van der Waals surface area contributed by atoms with Crippen molar-refractivity contribution < 1.29 is 14.3 Å². The Balaban J connectivity index is 1.80. The predicted octanol–water partition coefficient (Wildman–Crippen LogP) is 4.11. The molecule has 5 nitrogen and oxygen atoms in total. The van der Waals surface area contributed by atoms with Gasteiger partial charge < -0.3 is 19.4 Å². The third-order valence-corrected chi connectivity index (χ3v) is 4.77. The van der Waals surface area contributed by atoms with Gasteiger partial charge in [0.2, 0.25) is 5.91 Å². The summed E-state index contributed by atoms with van der Waals surface area (Å²) in [4.78, 5) is 12.7. The first-order chi connectivity index (χ1) is 13.6. The Hall–Kier alpha value is -3.21. The van der Waals surface area contributed by atoms with E-state index < -0.39 is 0 Å². The van der Waals surface area contributed by atoms with Crippen LogP contribution < -0.4 is 14.8 Å². The van der Waals surface area contributed by atoms with Crippen LogP contribution in [-0.4, -0.2) is 24.7 Å². The lowest BCUT2D eigenvalue weighted by atomic mass is 10.0. The fourth-order valence-corrected chi connectivity index (χ4v) is 3.26. The summed E-state index contributed by atoms with van der Waals surface area (Å²) in [5.41, 5.74) is 3.19. The molecule has 0 fully saturated rings. The lowest BCUT2D eigenvalue weighted by Crippen LogP contribution is -2.26. The van der Waals surface area contributed by atoms with Crippen LogP contribution in [0.2, 0.25) is 0 Å². The number of hydrogen-bond acceptors (Lipinski definition) is 3. The van der Waals surface area contributed by atoms with Gasteiger partial charge in [-0.2, -0.15) is 0 Å². The number of nitrogens with zero attached hydrogens (tertiary/aromatic N) is 1. The van der Waals surface area contributed by atoms with Crippen molar-refractivity contribution in [2.24, 2.45) is 0 Å². The summed E-state index contributed by atoms with van der Waals surface area (Å²) in [6.45, 7) is 2.55. The maximum absolute atomic E-state index is 12.7. The molecule has 5 heteroatoms. The van der Waals surface area contributed by atoms with Gasteiger partial charge in [0.05, 0.1) is 26.7 Å². The summed E-state index contributed by atoms with van der Waals surface area (Å²) in [5.74, 6) is 1.27. The number of para-hydroxylation sites is 1. The van der Waals surface area contributed by atoms with Crippen molar-refractivity contribution in [3.05, 3.63) is 83.7 Å². The van der Waals surface area contributed by atoms with Crippen LogP contribution in [0.25, 0.3) is 0 Å². The van der Waals surface area contributed by atoms with E-state index in [4.69, 9.17) is 9.47 Å².